The molecule has 1 heterocycles. The van der Waals surface area contributed by atoms with E-state index in [9.17, 15) is 4.79 Å². The molecule has 0 aliphatic carbocycles. The summed E-state index contributed by atoms with van der Waals surface area (Å²) < 4.78 is 0. The Labute approximate surface area is 110 Å². The summed E-state index contributed by atoms with van der Waals surface area (Å²) in [4.78, 5) is 16.5. The molecule has 0 unspecified atom stereocenters. The highest BCUT2D eigenvalue weighted by Gasteiger charge is 2.09. The van der Waals surface area contributed by atoms with Crippen LogP contribution in [-0.4, -0.2) is 23.1 Å². The number of anilines is 2. The van der Waals surface area contributed by atoms with Crippen molar-refractivity contribution in [2.45, 2.75) is 0 Å². The Kier molecular flexibility index (Phi) is 3.44. The number of nitriles is 1. The van der Waals surface area contributed by atoms with Gasteiger partial charge >= 0.3 is 5.97 Å². The summed E-state index contributed by atoms with van der Waals surface area (Å²) in [6, 6.07) is 12.4. The lowest BCUT2D eigenvalue weighted by Crippen LogP contribution is -2.11. The molecule has 0 atom stereocenters. The lowest BCUT2D eigenvalue weighted by molar-refractivity contribution is 0.0690. The third-order valence-electron chi connectivity index (χ3n) is 2.71. The van der Waals surface area contributed by atoms with Crippen molar-refractivity contribution in [1.82, 2.24) is 4.98 Å². The number of aromatic carboxylic acids is 1. The van der Waals surface area contributed by atoms with E-state index in [2.05, 4.69) is 11.1 Å². The Bertz CT molecular complexity index is 662. The molecule has 5 nitrogen and oxygen atoms in total. The highest BCUT2D eigenvalue weighted by atomic mass is 16.4. The fourth-order valence-electron chi connectivity index (χ4n) is 1.68. The maximum Gasteiger partial charge on any atom is 0.354 e. The quantitative estimate of drug-likeness (QED) is 0.908. The van der Waals surface area contributed by atoms with Gasteiger partial charge in [-0.05, 0) is 30.3 Å². The number of aromatic nitrogens is 1. The van der Waals surface area contributed by atoms with Gasteiger partial charge in [-0.1, -0.05) is 6.07 Å². The summed E-state index contributed by atoms with van der Waals surface area (Å²) in [6.07, 6.45) is 1.45. The van der Waals surface area contributed by atoms with Gasteiger partial charge in [-0.25, -0.2) is 9.78 Å². The Morgan fingerprint density at radius 1 is 1.32 bits per heavy atom. The fraction of sp³-hybridized carbons (Fsp3) is 0.0714. The van der Waals surface area contributed by atoms with E-state index < -0.39 is 5.97 Å². The van der Waals surface area contributed by atoms with Crippen LogP contribution in [0.2, 0.25) is 0 Å². The van der Waals surface area contributed by atoms with Gasteiger partial charge in [-0.15, -0.1) is 0 Å². The van der Waals surface area contributed by atoms with Crippen LogP contribution in [0.15, 0.2) is 42.6 Å². The van der Waals surface area contributed by atoms with E-state index in [-0.39, 0.29) is 5.69 Å². The molecule has 1 N–H and O–H groups in total. The number of carboxylic acid groups (broad SMARTS) is 1. The molecular weight excluding hydrogens is 242 g/mol. The van der Waals surface area contributed by atoms with Gasteiger partial charge in [0.05, 0.1) is 11.6 Å². The van der Waals surface area contributed by atoms with Crippen LogP contribution < -0.4 is 4.90 Å². The largest absolute Gasteiger partial charge is 0.477 e. The van der Waals surface area contributed by atoms with E-state index in [1.54, 1.807) is 36.2 Å². The molecule has 1 aromatic heterocycles. The molecule has 0 saturated carbocycles. The van der Waals surface area contributed by atoms with Crippen molar-refractivity contribution in [1.29, 1.82) is 5.26 Å². The number of pyridine rings is 1. The number of carboxylic acids is 1. The molecule has 0 bridgehead atoms. The Morgan fingerprint density at radius 3 is 2.74 bits per heavy atom. The zero-order valence-electron chi connectivity index (χ0n) is 10.2. The van der Waals surface area contributed by atoms with Crippen molar-refractivity contribution in [2.75, 3.05) is 11.9 Å². The summed E-state index contributed by atoms with van der Waals surface area (Å²) in [5.74, 6) is -1.07. The molecule has 0 aliphatic heterocycles. The minimum Gasteiger partial charge on any atom is -0.477 e. The topological polar surface area (TPSA) is 77.2 Å². The first kappa shape index (κ1) is 12.6. The minimum atomic E-state index is -1.07. The molecule has 2 rings (SSSR count). The molecule has 0 radical (unpaired) electrons. The third kappa shape index (κ3) is 2.69. The molecular formula is C14H11N3O2. The lowest BCUT2D eigenvalue weighted by atomic mass is 10.2. The van der Waals surface area contributed by atoms with Gasteiger partial charge in [0.25, 0.3) is 0 Å². The number of nitrogens with zero attached hydrogens (tertiary/aromatic N) is 3. The van der Waals surface area contributed by atoms with Crippen LogP contribution in [0.3, 0.4) is 0 Å². The standard InChI is InChI=1S/C14H11N3O2/c1-17(11-4-2-3-10(7-11)9-15)12-5-6-16-13(8-12)14(18)19/h2-8H,1H3,(H,18,19). The van der Waals surface area contributed by atoms with Crippen molar-refractivity contribution in [3.8, 4) is 6.07 Å². The second kappa shape index (κ2) is 5.19. The normalized spacial score (nSPS) is 9.68. The molecule has 0 saturated heterocycles. The molecule has 0 amide bonds. The number of benzene rings is 1. The van der Waals surface area contributed by atoms with E-state index in [4.69, 9.17) is 10.4 Å². The van der Waals surface area contributed by atoms with Crippen molar-refractivity contribution in [2.24, 2.45) is 0 Å². The van der Waals surface area contributed by atoms with Gasteiger partial charge in [0.2, 0.25) is 0 Å². The van der Waals surface area contributed by atoms with Gasteiger partial charge in [-0.2, -0.15) is 5.26 Å². The minimum absolute atomic E-state index is 0.0132. The maximum absolute atomic E-state index is 10.9. The van der Waals surface area contributed by atoms with Crippen molar-refractivity contribution >= 4 is 17.3 Å². The summed E-state index contributed by atoms with van der Waals surface area (Å²) >= 11 is 0. The average Bonchev–Trinajstić information content (AvgIpc) is 2.46. The predicted molar refractivity (Wildman–Crippen MR) is 70.4 cm³/mol. The van der Waals surface area contributed by atoms with Crippen molar-refractivity contribution in [3.05, 3.63) is 53.9 Å². The molecule has 2 aromatic rings. The van der Waals surface area contributed by atoms with Crippen LogP contribution in [0.5, 0.6) is 0 Å². The Balaban J connectivity index is 2.38. The highest BCUT2D eigenvalue weighted by Crippen LogP contribution is 2.24. The number of hydrogen-bond donors (Lipinski definition) is 1. The summed E-state index contributed by atoms with van der Waals surface area (Å²) in [5.41, 5.74) is 2.04. The first-order valence-electron chi connectivity index (χ1n) is 5.55. The van der Waals surface area contributed by atoms with Crippen LogP contribution in [0.4, 0.5) is 11.4 Å². The number of hydrogen-bond acceptors (Lipinski definition) is 4. The van der Waals surface area contributed by atoms with Crippen LogP contribution in [0, 0.1) is 11.3 Å². The number of rotatable bonds is 3. The zero-order valence-corrected chi connectivity index (χ0v) is 10.2. The zero-order chi connectivity index (χ0) is 13.8. The van der Waals surface area contributed by atoms with E-state index in [1.807, 2.05) is 6.07 Å². The summed E-state index contributed by atoms with van der Waals surface area (Å²) in [6.45, 7) is 0. The first-order chi connectivity index (χ1) is 9.11. The SMILES string of the molecule is CN(c1cccc(C#N)c1)c1ccnc(C(=O)O)c1. The fourth-order valence-corrected chi connectivity index (χ4v) is 1.68. The molecule has 0 fully saturated rings. The van der Waals surface area contributed by atoms with Crippen LogP contribution in [0.1, 0.15) is 16.1 Å². The second-order valence-electron chi connectivity index (χ2n) is 3.93. The molecule has 1 aromatic carbocycles. The van der Waals surface area contributed by atoms with E-state index in [0.717, 1.165) is 5.69 Å². The predicted octanol–water partition coefficient (Wildman–Crippen LogP) is 2.42. The van der Waals surface area contributed by atoms with Gasteiger partial charge in [-0.3, -0.25) is 0 Å². The molecule has 0 aliphatic rings. The first-order valence-corrected chi connectivity index (χ1v) is 5.55. The van der Waals surface area contributed by atoms with E-state index in [1.165, 1.54) is 12.3 Å². The molecule has 94 valence electrons. The Hall–Kier alpha value is -2.87. The third-order valence-corrected chi connectivity index (χ3v) is 2.71. The highest BCUT2D eigenvalue weighted by molar-refractivity contribution is 5.86. The van der Waals surface area contributed by atoms with Crippen LogP contribution in [-0.2, 0) is 0 Å². The molecule has 5 heteroatoms. The second-order valence-corrected chi connectivity index (χ2v) is 3.93. The van der Waals surface area contributed by atoms with Crippen molar-refractivity contribution < 1.29 is 9.90 Å². The smallest absolute Gasteiger partial charge is 0.354 e. The van der Waals surface area contributed by atoms with Gasteiger partial charge in [0, 0.05) is 24.6 Å². The summed E-state index contributed by atoms with van der Waals surface area (Å²) in [7, 11) is 1.80. The van der Waals surface area contributed by atoms with Gasteiger partial charge < -0.3 is 10.0 Å². The van der Waals surface area contributed by atoms with Gasteiger partial charge in [0.15, 0.2) is 0 Å². The average molecular weight is 253 g/mol. The number of carbonyl (C=O) groups is 1. The maximum atomic E-state index is 10.9. The summed E-state index contributed by atoms with van der Waals surface area (Å²) in [5, 5.41) is 17.8. The van der Waals surface area contributed by atoms with Crippen LogP contribution >= 0.6 is 0 Å². The Morgan fingerprint density at radius 2 is 2.05 bits per heavy atom. The van der Waals surface area contributed by atoms with E-state index >= 15 is 0 Å². The lowest BCUT2D eigenvalue weighted by Gasteiger charge is -2.19. The van der Waals surface area contributed by atoms with Gasteiger partial charge in [0.1, 0.15) is 5.69 Å². The molecule has 0 spiro atoms. The monoisotopic (exact) mass is 253 g/mol. The van der Waals surface area contributed by atoms with E-state index in [0.29, 0.717) is 11.3 Å². The van der Waals surface area contributed by atoms with Crippen LogP contribution in [0.25, 0.3) is 0 Å². The molecule has 19 heavy (non-hydrogen) atoms. The van der Waals surface area contributed by atoms with Crippen molar-refractivity contribution in [3.63, 3.8) is 0 Å².